The van der Waals surface area contributed by atoms with Crippen LogP contribution in [0.5, 0.6) is 0 Å². The lowest BCUT2D eigenvalue weighted by Crippen LogP contribution is -2.46. The van der Waals surface area contributed by atoms with Crippen LogP contribution >= 0.6 is 11.3 Å². The smallest absolute Gasteiger partial charge is 0.309 e. The highest BCUT2D eigenvalue weighted by Crippen LogP contribution is 2.28. The third-order valence-corrected chi connectivity index (χ3v) is 7.32. The number of hydrogen-bond acceptors (Lipinski definition) is 6. The zero-order chi connectivity index (χ0) is 18.3. The monoisotopic (exact) mass is 389 g/mol. The summed E-state index contributed by atoms with van der Waals surface area (Å²) in [6.45, 7) is 0.459. The molecule has 1 aromatic heterocycles. The van der Waals surface area contributed by atoms with E-state index in [0.717, 1.165) is 19.3 Å². The third-order valence-electron chi connectivity index (χ3n) is 4.00. The molecule has 0 radical (unpaired) electrons. The highest BCUT2D eigenvalue weighted by molar-refractivity contribution is 7.91. The SMILES string of the molecule is O=C(NCCO)C(=O)NCCC1CCCCN1S(=O)(=O)c1cccs1. The van der Waals surface area contributed by atoms with Crippen molar-refractivity contribution >= 4 is 33.2 Å². The van der Waals surface area contributed by atoms with Gasteiger partial charge in [-0.05, 0) is 30.7 Å². The standard InChI is InChI=1S/C15H23N3O5S2/c19-10-8-17-15(21)14(20)16-7-6-12-4-1-2-9-18(12)25(22,23)13-5-3-11-24-13/h3,5,11-12,19H,1-2,4,6-10H2,(H,16,20)(H,17,21). The van der Waals surface area contributed by atoms with Gasteiger partial charge in [-0.2, -0.15) is 4.31 Å². The van der Waals surface area contributed by atoms with Gasteiger partial charge in [0.1, 0.15) is 4.21 Å². The number of sulfonamides is 1. The van der Waals surface area contributed by atoms with Crippen molar-refractivity contribution < 1.29 is 23.1 Å². The molecule has 2 rings (SSSR count). The van der Waals surface area contributed by atoms with Gasteiger partial charge in [-0.3, -0.25) is 9.59 Å². The van der Waals surface area contributed by atoms with Gasteiger partial charge in [0, 0.05) is 25.7 Å². The Morgan fingerprint density at radius 1 is 1.24 bits per heavy atom. The first kappa shape index (κ1) is 19.8. The Morgan fingerprint density at radius 3 is 2.60 bits per heavy atom. The van der Waals surface area contributed by atoms with Crippen molar-refractivity contribution in [2.45, 2.75) is 35.9 Å². The summed E-state index contributed by atoms with van der Waals surface area (Å²) in [6, 6.07) is 3.11. The molecule has 10 heteroatoms. The Labute approximate surface area is 151 Å². The second-order valence-electron chi connectivity index (χ2n) is 5.72. The van der Waals surface area contributed by atoms with E-state index >= 15 is 0 Å². The first-order valence-electron chi connectivity index (χ1n) is 8.19. The third kappa shape index (κ3) is 5.24. The van der Waals surface area contributed by atoms with Gasteiger partial charge in [-0.25, -0.2) is 8.42 Å². The van der Waals surface area contributed by atoms with E-state index in [0.29, 0.717) is 17.2 Å². The number of hydrogen-bond donors (Lipinski definition) is 3. The molecule has 0 saturated carbocycles. The Bertz CT molecular complexity index is 675. The van der Waals surface area contributed by atoms with Crippen LogP contribution in [0.1, 0.15) is 25.7 Å². The van der Waals surface area contributed by atoms with Crippen LogP contribution < -0.4 is 10.6 Å². The number of carbonyl (C=O) groups is 2. The maximum atomic E-state index is 12.7. The van der Waals surface area contributed by atoms with Crippen LogP contribution in [0.2, 0.25) is 0 Å². The Balaban J connectivity index is 1.91. The Morgan fingerprint density at radius 2 is 1.96 bits per heavy atom. The lowest BCUT2D eigenvalue weighted by molar-refractivity contribution is -0.139. The molecule has 2 heterocycles. The van der Waals surface area contributed by atoms with Crippen LogP contribution in [0.3, 0.4) is 0 Å². The van der Waals surface area contributed by atoms with Gasteiger partial charge in [0.25, 0.3) is 10.0 Å². The molecular formula is C15H23N3O5S2. The number of carbonyl (C=O) groups excluding carboxylic acids is 2. The Hall–Kier alpha value is -1.49. The largest absolute Gasteiger partial charge is 0.395 e. The zero-order valence-corrected chi connectivity index (χ0v) is 15.4. The molecule has 0 spiro atoms. The number of amides is 2. The van der Waals surface area contributed by atoms with Crippen molar-refractivity contribution in [2.75, 3.05) is 26.2 Å². The second kappa shape index (κ2) is 9.27. The minimum absolute atomic E-state index is 0.0156. The van der Waals surface area contributed by atoms with Crippen molar-refractivity contribution in [1.29, 1.82) is 0 Å². The molecule has 0 aliphatic carbocycles. The summed E-state index contributed by atoms with van der Waals surface area (Å²) in [5, 5.41) is 15.1. The number of thiophene rings is 1. The number of aliphatic hydroxyl groups is 1. The normalized spacial score (nSPS) is 18.7. The van der Waals surface area contributed by atoms with Gasteiger partial charge in [0.15, 0.2) is 0 Å². The predicted octanol–water partition coefficient (Wildman–Crippen LogP) is -0.0939. The lowest BCUT2D eigenvalue weighted by atomic mass is 10.0. The minimum Gasteiger partial charge on any atom is -0.395 e. The molecule has 0 aromatic carbocycles. The molecule has 0 bridgehead atoms. The van der Waals surface area contributed by atoms with Gasteiger partial charge < -0.3 is 15.7 Å². The van der Waals surface area contributed by atoms with Crippen LogP contribution in [0.15, 0.2) is 21.7 Å². The summed E-state index contributed by atoms with van der Waals surface area (Å²) in [7, 11) is -3.51. The zero-order valence-electron chi connectivity index (χ0n) is 13.8. The van der Waals surface area contributed by atoms with Crippen molar-refractivity contribution in [3.05, 3.63) is 17.5 Å². The maximum Gasteiger partial charge on any atom is 0.309 e. The average molecular weight is 389 g/mol. The summed E-state index contributed by atoms with van der Waals surface area (Å²) in [5.41, 5.74) is 0. The number of nitrogens with zero attached hydrogens (tertiary/aromatic N) is 1. The van der Waals surface area contributed by atoms with Crippen molar-refractivity contribution in [1.82, 2.24) is 14.9 Å². The van der Waals surface area contributed by atoms with Crippen LogP contribution in [-0.2, 0) is 19.6 Å². The molecular weight excluding hydrogens is 366 g/mol. The van der Waals surface area contributed by atoms with Crippen molar-refractivity contribution in [3.63, 3.8) is 0 Å². The van der Waals surface area contributed by atoms with Crippen LogP contribution in [0.4, 0.5) is 0 Å². The summed E-state index contributed by atoms with van der Waals surface area (Å²) in [4.78, 5) is 23.0. The highest BCUT2D eigenvalue weighted by Gasteiger charge is 2.33. The molecule has 1 saturated heterocycles. The van der Waals surface area contributed by atoms with Gasteiger partial charge in [-0.15, -0.1) is 11.3 Å². The topological polar surface area (TPSA) is 116 Å². The predicted molar refractivity (Wildman–Crippen MR) is 93.6 cm³/mol. The van der Waals surface area contributed by atoms with E-state index in [-0.39, 0.29) is 25.7 Å². The van der Waals surface area contributed by atoms with Gasteiger partial charge >= 0.3 is 11.8 Å². The van der Waals surface area contributed by atoms with E-state index in [1.54, 1.807) is 17.5 Å². The lowest BCUT2D eigenvalue weighted by Gasteiger charge is -2.34. The molecule has 1 aliphatic heterocycles. The molecule has 1 aliphatic rings. The molecule has 1 aromatic rings. The summed E-state index contributed by atoms with van der Waals surface area (Å²) in [5.74, 6) is -1.59. The fourth-order valence-corrected chi connectivity index (χ4v) is 5.63. The van der Waals surface area contributed by atoms with E-state index in [1.807, 2.05) is 0 Å². The van der Waals surface area contributed by atoms with E-state index in [9.17, 15) is 18.0 Å². The average Bonchev–Trinajstić information content (AvgIpc) is 3.15. The minimum atomic E-state index is -3.51. The van der Waals surface area contributed by atoms with Crippen molar-refractivity contribution in [3.8, 4) is 0 Å². The number of nitrogens with one attached hydrogen (secondary N) is 2. The molecule has 3 N–H and O–H groups in total. The Kier molecular flexibility index (Phi) is 7.36. The number of rotatable bonds is 7. The van der Waals surface area contributed by atoms with E-state index in [2.05, 4.69) is 10.6 Å². The fraction of sp³-hybridized carbons (Fsp3) is 0.600. The van der Waals surface area contributed by atoms with Crippen LogP contribution in [0, 0.1) is 0 Å². The molecule has 1 fully saturated rings. The van der Waals surface area contributed by atoms with Gasteiger partial charge in [-0.1, -0.05) is 12.5 Å². The summed E-state index contributed by atoms with van der Waals surface area (Å²) >= 11 is 1.19. The van der Waals surface area contributed by atoms with Gasteiger partial charge in [0.2, 0.25) is 0 Å². The first-order valence-corrected chi connectivity index (χ1v) is 10.5. The summed E-state index contributed by atoms with van der Waals surface area (Å²) in [6.07, 6.45) is 2.93. The second-order valence-corrected chi connectivity index (χ2v) is 8.79. The molecule has 140 valence electrons. The first-order chi connectivity index (χ1) is 12.0. The molecule has 25 heavy (non-hydrogen) atoms. The van der Waals surface area contributed by atoms with E-state index < -0.39 is 21.8 Å². The van der Waals surface area contributed by atoms with Crippen molar-refractivity contribution in [2.24, 2.45) is 0 Å². The molecule has 1 unspecified atom stereocenters. The molecule has 8 nitrogen and oxygen atoms in total. The maximum absolute atomic E-state index is 12.7. The number of piperidine rings is 1. The van der Waals surface area contributed by atoms with E-state index in [4.69, 9.17) is 5.11 Å². The molecule has 1 atom stereocenters. The summed E-state index contributed by atoms with van der Waals surface area (Å²) < 4.78 is 27.3. The van der Waals surface area contributed by atoms with Crippen LogP contribution in [0.25, 0.3) is 0 Å². The van der Waals surface area contributed by atoms with Gasteiger partial charge in [0.05, 0.1) is 6.61 Å². The molecule has 2 amide bonds. The fourth-order valence-electron chi connectivity index (χ4n) is 2.79. The van der Waals surface area contributed by atoms with E-state index in [1.165, 1.54) is 15.6 Å². The number of aliphatic hydroxyl groups excluding tert-OH is 1. The quantitative estimate of drug-likeness (QED) is 0.564. The highest BCUT2D eigenvalue weighted by atomic mass is 32.2. The van der Waals surface area contributed by atoms with Crippen LogP contribution in [-0.4, -0.2) is 61.9 Å².